The molecule has 232 valence electrons. The number of hydrogen-bond acceptors (Lipinski definition) is 8. The number of piperazine rings is 1. The molecule has 0 aliphatic carbocycles. The average molecular weight is 621 g/mol. The van der Waals surface area contributed by atoms with Crippen molar-refractivity contribution in [2.45, 2.75) is 25.8 Å². The predicted molar refractivity (Wildman–Crippen MR) is 163 cm³/mol. The van der Waals surface area contributed by atoms with E-state index in [9.17, 15) is 18.8 Å². The van der Waals surface area contributed by atoms with Crippen LogP contribution in [-0.2, 0) is 29.2 Å². The van der Waals surface area contributed by atoms with E-state index in [1.165, 1.54) is 22.0 Å². The van der Waals surface area contributed by atoms with Gasteiger partial charge in [0.15, 0.2) is 5.76 Å². The van der Waals surface area contributed by atoms with Crippen LogP contribution in [0.4, 0.5) is 9.18 Å². The minimum atomic E-state index is -0.774. The van der Waals surface area contributed by atoms with Crippen molar-refractivity contribution in [1.29, 1.82) is 0 Å². The Morgan fingerprint density at radius 2 is 1.78 bits per heavy atom. The molecule has 46 heavy (non-hydrogen) atoms. The van der Waals surface area contributed by atoms with Gasteiger partial charge >= 0.3 is 6.03 Å². The number of halogens is 1. The van der Waals surface area contributed by atoms with Crippen LogP contribution in [0.5, 0.6) is 0 Å². The van der Waals surface area contributed by atoms with E-state index < -0.39 is 18.0 Å². The van der Waals surface area contributed by atoms with Gasteiger partial charge in [-0.25, -0.2) is 14.2 Å². The molecule has 0 saturated carbocycles. The Kier molecular flexibility index (Phi) is 7.81. The molecule has 1 unspecified atom stereocenters. The number of hydrogen-bond donors (Lipinski definition) is 1. The maximum Gasteiger partial charge on any atom is 0.334 e. The number of aromatic nitrogens is 3. The van der Waals surface area contributed by atoms with Crippen LogP contribution in [0.3, 0.4) is 0 Å². The minimum Gasteiger partial charge on any atom is -0.359 e. The van der Waals surface area contributed by atoms with Crippen LogP contribution in [0.15, 0.2) is 95.8 Å². The van der Waals surface area contributed by atoms with Gasteiger partial charge in [-0.15, -0.1) is 0 Å². The summed E-state index contributed by atoms with van der Waals surface area (Å²) in [6.07, 6.45) is 2.03. The SMILES string of the molecule is O=C1CN2C(=O)CN(Cc3cc(-c4ccc(F)cn4)no3)N(C(=O)NCc3ccccc3)C2CN1Cc1cccc2ncccc12. The van der Waals surface area contributed by atoms with Crippen molar-refractivity contribution in [2.75, 3.05) is 19.6 Å². The lowest BCUT2D eigenvalue weighted by molar-refractivity contribution is -0.184. The first kappa shape index (κ1) is 29.0. The van der Waals surface area contributed by atoms with Gasteiger partial charge in [0.25, 0.3) is 0 Å². The Morgan fingerprint density at radius 3 is 2.61 bits per heavy atom. The fourth-order valence-corrected chi connectivity index (χ4v) is 5.85. The van der Waals surface area contributed by atoms with Crippen molar-refractivity contribution in [1.82, 2.24) is 40.3 Å². The third kappa shape index (κ3) is 5.87. The fourth-order valence-electron chi connectivity index (χ4n) is 5.85. The second kappa shape index (κ2) is 12.4. The highest BCUT2D eigenvalue weighted by Gasteiger charge is 2.47. The van der Waals surface area contributed by atoms with Crippen molar-refractivity contribution in [3.8, 4) is 11.4 Å². The van der Waals surface area contributed by atoms with Crippen molar-refractivity contribution >= 4 is 28.7 Å². The monoisotopic (exact) mass is 620 g/mol. The molecule has 0 spiro atoms. The number of nitrogens with zero attached hydrogens (tertiary/aromatic N) is 7. The quantitative estimate of drug-likeness (QED) is 0.293. The lowest BCUT2D eigenvalue weighted by atomic mass is 10.1. The molecule has 13 heteroatoms. The average Bonchev–Trinajstić information content (AvgIpc) is 3.54. The topological polar surface area (TPSA) is 128 Å². The molecule has 3 aromatic heterocycles. The van der Waals surface area contributed by atoms with Crippen LogP contribution in [0.25, 0.3) is 22.3 Å². The molecule has 4 amide bonds. The number of nitrogens with one attached hydrogen (secondary N) is 1. The van der Waals surface area contributed by atoms with E-state index in [4.69, 9.17) is 4.52 Å². The van der Waals surface area contributed by atoms with Gasteiger partial charge in [-0.3, -0.25) is 19.6 Å². The van der Waals surface area contributed by atoms with Crippen LogP contribution >= 0.6 is 0 Å². The van der Waals surface area contributed by atoms with Crippen LogP contribution in [-0.4, -0.2) is 78.6 Å². The molecule has 2 aliphatic heterocycles. The van der Waals surface area contributed by atoms with Crippen LogP contribution in [0, 0.1) is 5.82 Å². The number of hydrazine groups is 1. The number of rotatable bonds is 7. The van der Waals surface area contributed by atoms with Gasteiger partial charge < -0.3 is 19.6 Å². The number of benzene rings is 2. The zero-order chi connectivity index (χ0) is 31.6. The standard InChI is InChI=1S/C33H29FN8O4/c34-24-11-12-28(36-16-24)29-14-25(46-38-29)18-40-20-32(44)41-21-31(43)39(17-23-8-4-10-27-26(23)9-5-13-35-27)19-30(41)42(40)33(45)37-15-22-6-2-1-3-7-22/h1-14,16,30H,15,17-21H2,(H,37,45). The summed E-state index contributed by atoms with van der Waals surface area (Å²) in [5.74, 6) is -0.608. The molecular formula is C33H29FN8O4. The van der Waals surface area contributed by atoms with E-state index in [1.54, 1.807) is 22.2 Å². The summed E-state index contributed by atoms with van der Waals surface area (Å²) >= 11 is 0. The molecule has 2 aliphatic rings. The molecule has 5 aromatic rings. The molecule has 0 bridgehead atoms. The molecule has 1 atom stereocenters. The molecule has 7 rings (SSSR count). The van der Waals surface area contributed by atoms with Crippen molar-refractivity contribution in [2.24, 2.45) is 0 Å². The van der Waals surface area contributed by atoms with Gasteiger partial charge in [0.2, 0.25) is 11.8 Å². The van der Waals surface area contributed by atoms with Crippen molar-refractivity contribution < 1.29 is 23.3 Å². The molecular weight excluding hydrogens is 591 g/mol. The minimum absolute atomic E-state index is 0.0337. The highest BCUT2D eigenvalue weighted by Crippen LogP contribution is 2.27. The predicted octanol–water partition coefficient (Wildman–Crippen LogP) is 3.56. The third-order valence-corrected chi connectivity index (χ3v) is 8.11. The smallest absolute Gasteiger partial charge is 0.334 e. The maximum absolute atomic E-state index is 13.9. The number of urea groups is 1. The normalized spacial score (nSPS) is 17.0. The third-order valence-electron chi connectivity index (χ3n) is 8.11. The molecule has 5 heterocycles. The Labute approximate surface area is 263 Å². The summed E-state index contributed by atoms with van der Waals surface area (Å²) in [4.78, 5) is 52.4. The number of carbonyl (C=O) groups excluding carboxylic acids is 3. The lowest BCUT2D eigenvalue weighted by Crippen LogP contribution is -2.73. The van der Waals surface area contributed by atoms with Gasteiger partial charge in [0.1, 0.15) is 24.2 Å². The van der Waals surface area contributed by atoms with E-state index in [1.807, 2.05) is 60.7 Å². The van der Waals surface area contributed by atoms with Gasteiger partial charge in [0.05, 0.1) is 37.0 Å². The van der Waals surface area contributed by atoms with Gasteiger partial charge in [0, 0.05) is 30.7 Å². The number of amides is 4. The van der Waals surface area contributed by atoms with Crippen LogP contribution in [0.1, 0.15) is 16.9 Å². The van der Waals surface area contributed by atoms with E-state index in [0.29, 0.717) is 17.1 Å². The van der Waals surface area contributed by atoms with Gasteiger partial charge in [-0.05, 0) is 35.4 Å². The highest BCUT2D eigenvalue weighted by atomic mass is 19.1. The zero-order valence-electron chi connectivity index (χ0n) is 24.6. The number of fused-ring (bicyclic) bond motifs is 2. The van der Waals surface area contributed by atoms with Crippen LogP contribution < -0.4 is 5.32 Å². The highest BCUT2D eigenvalue weighted by molar-refractivity contribution is 5.89. The fraction of sp³-hybridized carbons (Fsp3) is 0.212. The molecule has 2 aromatic carbocycles. The molecule has 1 N–H and O–H groups in total. The maximum atomic E-state index is 13.9. The van der Waals surface area contributed by atoms with E-state index in [0.717, 1.165) is 28.2 Å². The summed E-state index contributed by atoms with van der Waals surface area (Å²) < 4.78 is 19.0. The summed E-state index contributed by atoms with van der Waals surface area (Å²) in [7, 11) is 0. The van der Waals surface area contributed by atoms with Gasteiger partial charge in [-0.2, -0.15) is 5.01 Å². The first-order valence-corrected chi connectivity index (χ1v) is 14.8. The molecule has 12 nitrogen and oxygen atoms in total. The van der Waals surface area contributed by atoms with Gasteiger partial charge in [-0.1, -0.05) is 53.7 Å². The molecule has 2 fully saturated rings. The zero-order valence-corrected chi connectivity index (χ0v) is 24.6. The van der Waals surface area contributed by atoms with Crippen molar-refractivity contribution in [3.63, 3.8) is 0 Å². The second-order valence-electron chi connectivity index (χ2n) is 11.1. The Morgan fingerprint density at radius 1 is 0.913 bits per heavy atom. The Bertz CT molecular complexity index is 1900. The first-order valence-electron chi connectivity index (χ1n) is 14.8. The van der Waals surface area contributed by atoms with E-state index in [-0.39, 0.29) is 51.1 Å². The Hall–Kier alpha value is -5.69. The Balaban J connectivity index is 1.17. The van der Waals surface area contributed by atoms with E-state index in [2.05, 4.69) is 20.4 Å². The molecule has 2 saturated heterocycles. The lowest BCUT2D eigenvalue weighted by Gasteiger charge is -2.52. The summed E-state index contributed by atoms with van der Waals surface area (Å²) in [5.41, 5.74) is 3.44. The summed E-state index contributed by atoms with van der Waals surface area (Å²) in [6, 6.07) is 23.0. The van der Waals surface area contributed by atoms with Crippen LogP contribution in [0.2, 0.25) is 0 Å². The van der Waals surface area contributed by atoms with Crippen molar-refractivity contribution in [3.05, 3.63) is 114 Å². The first-order chi connectivity index (χ1) is 22.4. The summed E-state index contributed by atoms with van der Waals surface area (Å²) in [6.45, 7) is 0.354. The number of pyridine rings is 2. The number of carbonyl (C=O) groups is 3. The van der Waals surface area contributed by atoms with E-state index >= 15 is 0 Å². The largest absolute Gasteiger partial charge is 0.359 e. The second-order valence-corrected chi connectivity index (χ2v) is 11.1. The summed E-state index contributed by atoms with van der Waals surface area (Å²) in [5, 5.41) is 11.1. The molecule has 0 radical (unpaired) electrons.